The van der Waals surface area contributed by atoms with E-state index < -0.39 is 24.2 Å². The van der Waals surface area contributed by atoms with E-state index in [1.807, 2.05) is 17.0 Å². The molecule has 7 rings (SSSR count). The van der Waals surface area contributed by atoms with Gasteiger partial charge in [0.25, 0.3) is 5.91 Å². The van der Waals surface area contributed by atoms with Crippen molar-refractivity contribution in [3.8, 4) is 0 Å². The summed E-state index contributed by atoms with van der Waals surface area (Å²) in [5.74, 6) is -0.0526. The lowest BCUT2D eigenvalue weighted by Crippen LogP contribution is -2.74. The van der Waals surface area contributed by atoms with E-state index in [0.29, 0.717) is 24.9 Å². The maximum atomic E-state index is 16.2. The molecule has 4 heterocycles. The van der Waals surface area contributed by atoms with Crippen LogP contribution in [-0.2, 0) is 25.6 Å². The van der Waals surface area contributed by atoms with Gasteiger partial charge in [0.2, 0.25) is 0 Å². The Morgan fingerprint density at radius 1 is 1.05 bits per heavy atom. The van der Waals surface area contributed by atoms with E-state index in [4.69, 9.17) is 9.47 Å². The lowest BCUT2D eigenvalue weighted by molar-refractivity contribution is -0.220. The molecular weight excluding hydrogens is 563 g/mol. The first kappa shape index (κ1) is 30.3. The first-order valence-electron chi connectivity index (χ1n) is 17.2. The fourth-order valence-electron chi connectivity index (χ4n) is 9.14. The summed E-state index contributed by atoms with van der Waals surface area (Å²) in [6, 6.07) is -0.591. The number of morpholine rings is 2. The number of Topliss-reactive ketones (excluding diaryl/α,β-unsaturated/α-hetero) is 1. The highest BCUT2D eigenvalue weighted by Gasteiger charge is 2.60. The molecule has 11 heteroatoms. The number of aryl methyl sites for hydroxylation is 1. The zero-order valence-electron chi connectivity index (χ0n) is 25.8. The van der Waals surface area contributed by atoms with Crippen molar-refractivity contribution in [2.45, 2.75) is 101 Å². The van der Waals surface area contributed by atoms with E-state index in [2.05, 4.69) is 25.4 Å². The molecule has 5 fully saturated rings. The van der Waals surface area contributed by atoms with Crippen molar-refractivity contribution in [1.29, 1.82) is 0 Å². The number of rotatable bonds is 10. The van der Waals surface area contributed by atoms with Gasteiger partial charge in [0.05, 0.1) is 55.4 Å². The number of ketones is 1. The Labute approximate surface area is 260 Å². The van der Waals surface area contributed by atoms with Gasteiger partial charge in [0.15, 0.2) is 5.78 Å². The Bertz CT molecular complexity index is 1170. The second-order valence-electron chi connectivity index (χ2n) is 13.8. The number of hydrogen-bond acceptors (Lipinski definition) is 8. The van der Waals surface area contributed by atoms with Gasteiger partial charge in [-0.05, 0) is 63.5 Å². The summed E-state index contributed by atoms with van der Waals surface area (Å²) in [5, 5.41) is 6.54. The highest BCUT2D eigenvalue weighted by atomic mass is 19.1. The van der Waals surface area contributed by atoms with Gasteiger partial charge in [-0.2, -0.15) is 0 Å². The minimum absolute atomic E-state index is 0.00263. The van der Waals surface area contributed by atoms with E-state index in [1.54, 1.807) is 12.5 Å². The summed E-state index contributed by atoms with van der Waals surface area (Å²) in [4.78, 5) is 36.1. The van der Waals surface area contributed by atoms with Crippen molar-refractivity contribution in [3.63, 3.8) is 0 Å². The van der Waals surface area contributed by atoms with E-state index in [1.165, 1.54) is 19.3 Å². The minimum atomic E-state index is -1.21. The number of carbonyl (C=O) groups excluding carboxylic acids is 2. The molecule has 44 heavy (non-hydrogen) atoms. The monoisotopic (exact) mass is 612 g/mol. The first-order valence-corrected chi connectivity index (χ1v) is 17.2. The molecule has 1 aromatic heterocycles. The average Bonchev–Trinajstić information content (AvgIpc) is 3.57. The van der Waals surface area contributed by atoms with E-state index >= 15 is 4.39 Å². The van der Waals surface area contributed by atoms with Crippen LogP contribution in [0.1, 0.15) is 57.8 Å². The van der Waals surface area contributed by atoms with Crippen LogP contribution in [0.2, 0.25) is 0 Å². The summed E-state index contributed by atoms with van der Waals surface area (Å²) in [5.41, 5.74) is 0.183. The van der Waals surface area contributed by atoms with Crippen molar-refractivity contribution in [2.75, 3.05) is 45.9 Å². The number of nitrogens with zero attached hydrogens (tertiary/aromatic N) is 4. The highest BCUT2D eigenvalue weighted by Crippen LogP contribution is 2.50. The zero-order valence-corrected chi connectivity index (χ0v) is 25.8. The van der Waals surface area contributed by atoms with Gasteiger partial charge < -0.3 is 29.6 Å². The van der Waals surface area contributed by atoms with Crippen molar-refractivity contribution >= 4 is 11.7 Å². The van der Waals surface area contributed by atoms with Crippen molar-refractivity contribution in [2.24, 2.45) is 17.8 Å². The summed E-state index contributed by atoms with van der Waals surface area (Å²) >= 11 is 0. The van der Waals surface area contributed by atoms with Crippen LogP contribution in [-0.4, -0.2) is 113 Å². The number of fused-ring (bicyclic) bond motifs is 4. The van der Waals surface area contributed by atoms with Crippen LogP contribution in [0, 0.1) is 17.8 Å². The van der Waals surface area contributed by atoms with Crippen LogP contribution >= 0.6 is 0 Å². The Morgan fingerprint density at radius 2 is 1.89 bits per heavy atom. The van der Waals surface area contributed by atoms with Gasteiger partial charge in [-0.15, -0.1) is 0 Å². The number of aromatic nitrogens is 2. The third-order valence-corrected chi connectivity index (χ3v) is 11.3. The molecule has 9 unspecified atom stereocenters. The van der Waals surface area contributed by atoms with Gasteiger partial charge in [-0.3, -0.25) is 14.5 Å². The SMILES string of the molecule is O=C(NCCCn1ccnc1)C1=CN2C3CCC4CCCCC4C3OC3C(NCCCN4CCOCC4)C(F)CC(C1=O)C32. The third-order valence-electron chi connectivity index (χ3n) is 11.3. The topological polar surface area (TPSA) is 101 Å². The molecule has 3 aliphatic heterocycles. The van der Waals surface area contributed by atoms with Crippen molar-refractivity contribution < 1.29 is 23.5 Å². The molecule has 1 amide bonds. The molecule has 0 bridgehead atoms. The highest BCUT2D eigenvalue weighted by molar-refractivity contribution is 6.20. The van der Waals surface area contributed by atoms with E-state index in [-0.39, 0.29) is 41.9 Å². The second kappa shape index (κ2) is 13.6. The largest absolute Gasteiger partial charge is 0.379 e. The second-order valence-corrected chi connectivity index (χ2v) is 13.8. The van der Waals surface area contributed by atoms with E-state index in [9.17, 15) is 9.59 Å². The van der Waals surface area contributed by atoms with Gasteiger partial charge in [0.1, 0.15) is 6.17 Å². The summed E-state index contributed by atoms with van der Waals surface area (Å²) in [7, 11) is 0. The van der Waals surface area contributed by atoms with Gasteiger partial charge in [-0.1, -0.05) is 19.3 Å². The molecule has 0 aromatic carbocycles. The smallest absolute Gasteiger partial charge is 0.256 e. The molecule has 3 aliphatic carbocycles. The summed E-state index contributed by atoms with van der Waals surface area (Å²) in [6.45, 7) is 6.29. The Hall–Kier alpha value is -2.34. The molecule has 3 saturated carbocycles. The third kappa shape index (κ3) is 6.09. The molecule has 2 N–H and O–H groups in total. The summed E-state index contributed by atoms with van der Waals surface area (Å²) in [6.07, 6.45) is 14.4. The molecule has 0 radical (unpaired) electrons. The van der Waals surface area contributed by atoms with Crippen LogP contribution in [0.25, 0.3) is 0 Å². The van der Waals surface area contributed by atoms with Crippen LogP contribution in [0.15, 0.2) is 30.5 Å². The standard InChI is InChI=1S/C33H49FN6O4/c34-26-19-24-29-32(28(26)36-9-3-12-38-15-17-43-18-16-38)44-31-23-6-2-1-5-22(23)7-8-27(31)40(29)20-25(30(24)41)33(42)37-10-4-13-39-14-11-35-21-39/h11,14,20-24,26-29,31-32,36H,1-10,12-13,15-19H2,(H,37,42). The number of halogens is 1. The van der Waals surface area contributed by atoms with Crippen LogP contribution in [0.3, 0.4) is 0 Å². The molecule has 9 atom stereocenters. The minimum Gasteiger partial charge on any atom is -0.379 e. The number of carbonyl (C=O) groups is 2. The molecule has 1 aromatic rings. The predicted molar refractivity (Wildman–Crippen MR) is 162 cm³/mol. The molecule has 10 nitrogen and oxygen atoms in total. The lowest BCUT2D eigenvalue weighted by Gasteiger charge is -2.61. The number of amides is 1. The first-order chi connectivity index (χ1) is 21.6. The normalized spacial score (nSPS) is 37.0. The average molecular weight is 613 g/mol. The van der Waals surface area contributed by atoms with E-state index in [0.717, 1.165) is 71.5 Å². The number of ether oxygens (including phenoxy) is 2. The number of nitrogens with one attached hydrogen (secondary N) is 2. The molecule has 242 valence electrons. The molecular formula is C33H49FN6O4. The maximum Gasteiger partial charge on any atom is 0.256 e. The van der Waals surface area contributed by atoms with Gasteiger partial charge in [0, 0.05) is 50.7 Å². The number of hydrogen-bond donors (Lipinski definition) is 2. The van der Waals surface area contributed by atoms with Crippen LogP contribution in [0.5, 0.6) is 0 Å². The number of alkyl halides is 1. The Morgan fingerprint density at radius 3 is 2.73 bits per heavy atom. The number of imidazole rings is 1. The molecule has 6 aliphatic rings. The predicted octanol–water partition coefficient (Wildman–Crippen LogP) is 2.30. The summed E-state index contributed by atoms with van der Waals surface area (Å²) < 4.78 is 30.6. The Kier molecular flexibility index (Phi) is 9.35. The van der Waals surface area contributed by atoms with Crippen LogP contribution < -0.4 is 10.6 Å². The lowest BCUT2D eigenvalue weighted by atomic mass is 9.64. The Balaban J connectivity index is 1.09. The fourth-order valence-corrected chi connectivity index (χ4v) is 9.14. The quantitative estimate of drug-likeness (QED) is 0.307. The van der Waals surface area contributed by atoms with Gasteiger partial charge in [-0.25, -0.2) is 9.37 Å². The fraction of sp³-hybridized carbons (Fsp3) is 0.788. The van der Waals surface area contributed by atoms with Crippen molar-refractivity contribution in [3.05, 3.63) is 30.5 Å². The molecule has 0 spiro atoms. The molecule has 2 saturated heterocycles. The zero-order chi connectivity index (χ0) is 30.0. The maximum absolute atomic E-state index is 16.2. The van der Waals surface area contributed by atoms with Gasteiger partial charge >= 0.3 is 0 Å². The van der Waals surface area contributed by atoms with Crippen LogP contribution in [0.4, 0.5) is 4.39 Å². The van der Waals surface area contributed by atoms with Crippen molar-refractivity contribution in [1.82, 2.24) is 30.0 Å².